The van der Waals surface area contributed by atoms with E-state index in [0.717, 1.165) is 51.1 Å². The molecule has 2 amide bonds. The molecule has 3 aromatic rings. The number of fused-ring (bicyclic) bond motifs is 2. The Morgan fingerprint density at radius 1 is 0.750 bits per heavy atom. The van der Waals surface area contributed by atoms with Gasteiger partial charge in [-0.1, -0.05) is 48.5 Å². The van der Waals surface area contributed by atoms with Crippen molar-refractivity contribution in [3.05, 3.63) is 77.9 Å². The molecule has 0 unspecified atom stereocenters. The lowest BCUT2D eigenvalue weighted by Gasteiger charge is -2.32. The number of unbranched alkanes of at least 4 members (excludes halogenated alkanes) is 1. The fraction of sp³-hybridized carbons (Fsp3) is 0.333. The molecule has 0 aliphatic carbocycles. The van der Waals surface area contributed by atoms with Crippen molar-refractivity contribution in [2.75, 3.05) is 26.2 Å². The molecule has 0 spiro atoms. The highest BCUT2D eigenvalue weighted by atomic mass is 16.5. The highest BCUT2D eigenvalue weighted by Gasteiger charge is 2.34. The zero-order chi connectivity index (χ0) is 21.9. The maximum absolute atomic E-state index is 12.5. The number of carbonyl (C=O) groups is 2. The monoisotopic (exact) mass is 428 g/mol. The number of hydrogen-bond acceptors (Lipinski definition) is 4. The number of imide groups is 1. The van der Waals surface area contributed by atoms with Crippen LogP contribution in [-0.2, 0) is 0 Å². The van der Waals surface area contributed by atoms with E-state index in [9.17, 15) is 9.59 Å². The molecule has 1 fully saturated rings. The minimum Gasteiger partial charge on any atom is -0.490 e. The Morgan fingerprint density at radius 2 is 1.38 bits per heavy atom. The van der Waals surface area contributed by atoms with E-state index in [4.69, 9.17) is 4.74 Å². The van der Waals surface area contributed by atoms with Crippen molar-refractivity contribution in [1.82, 2.24) is 9.80 Å². The Kier molecular flexibility index (Phi) is 5.91. The van der Waals surface area contributed by atoms with Gasteiger partial charge in [0.25, 0.3) is 11.8 Å². The van der Waals surface area contributed by atoms with E-state index >= 15 is 0 Å². The second-order valence-corrected chi connectivity index (χ2v) is 8.65. The molecule has 2 aliphatic heterocycles. The topological polar surface area (TPSA) is 49.9 Å². The van der Waals surface area contributed by atoms with Crippen LogP contribution in [0.15, 0.2) is 66.7 Å². The first kappa shape index (κ1) is 20.7. The summed E-state index contributed by atoms with van der Waals surface area (Å²) in [5, 5.41) is 2.38. The minimum absolute atomic E-state index is 0.156. The molecule has 2 heterocycles. The Labute approximate surface area is 188 Å². The van der Waals surface area contributed by atoms with Crippen LogP contribution in [0.4, 0.5) is 0 Å². The van der Waals surface area contributed by atoms with E-state index < -0.39 is 0 Å². The van der Waals surface area contributed by atoms with E-state index in [-0.39, 0.29) is 17.9 Å². The van der Waals surface area contributed by atoms with Gasteiger partial charge in [-0.15, -0.1) is 0 Å². The summed E-state index contributed by atoms with van der Waals surface area (Å²) < 4.78 is 6.36. The van der Waals surface area contributed by atoms with Gasteiger partial charge in [0.05, 0.1) is 11.1 Å². The molecule has 1 saturated heterocycles. The zero-order valence-electron chi connectivity index (χ0n) is 18.2. The highest BCUT2D eigenvalue weighted by molar-refractivity contribution is 6.21. The molecular weight excluding hydrogens is 400 g/mol. The van der Waals surface area contributed by atoms with Crippen molar-refractivity contribution >= 4 is 22.6 Å². The van der Waals surface area contributed by atoms with Gasteiger partial charge in [-0.3, -0.25) is 14.5 Å². The third-order valence-electron chi connectivity index (χ3n) is 6.56. The van der Waals surface area contributed by atoms with Crippen LogP contribution in [0.2, 0.25) is 0 Å². The van der Waals surface area contributed by atoms with Crippen LogP contribution in [0.25, 0.3) is 10.8 Å². The zero-order valence-corrected chi connectivity index (χ0v) is 18.2. The fourth-order valence-electron chi connectivity index (χ4n) is 4.78. The van der Waals surface area contributed by atoms with Crippen molar-refractivity contribution in [3.63, 3.8) is 0 Å². The first-order valence-corrected chi connectivity index (χ1v) is 11.5. The lowest BCUT2D eigenvalue weighted by Crippen LogP contribution is -2.39. The van der Waals surface area contributed by atoms with Gasteiger partial charge in [-0.25, -0.2) is 0 Å². The Morgan fingerprint density at radius 3 is 2.12 bits per heavy atom. The number of ether oxygens (including phenoxy) is 1. The average Bonchev–Trinajstić information content (AvgIpc) is 3.08. The highest BCUT2D eigenvalue weighted by Crippen LogP contribution is 2.28. The van der Waals surface area contributed by atoms with Gasteiger partial charge in [0.15, 0.2) is 0 Å². The molecule has 5 heteroatoms. The van der Waals surface area contributed by atoms with Gasteiger partial charge < -0.3 is 9.64 Å². The van der Waals surface area contributed by atoms with E-state index in [0.29, 0.717) is 17.7 Å². The van der Waals surface area contributed by atoms with Crippen LogP contribution in [0.5, 0.6) is 5.75 Å². The van der Waals surface area contributed by atoms with Gasteiger partial charge in [0, 0.05) is 25.0 Å². The molecule has 5 nitrogen and oxygen atoms in total. The lowest BCUT2D eigenvalue weighted by molar-refractivity contribution is 0.0646. The van der Waals surface area contributed by atoms with Crippen LogP contribution in [0.3, 0.4) is 0 Å². The van der Waals surface area contributed by atoms with Gasteiger partial charge >= 0.3 is 0 Å². The number of amides is 2. The number of rotatable bonds is 7. The number of carbonyl (C=O) groups excluding carboxylic acids is 2. The van der Waals surface area contributed by atoms with Gasteiger partial charge in [0.2, 0.25) is 0 Å². The molecule has 2 aliphatic rings. The smallest absolute Gasteiger partial charge is 0.261 e. The van der Waals surface area contributed by atoms with Gasteiger partial charge in [-0.05, 0) is 55.8 Å². The Hall–Kier alpha value is -3.18. The summed E-state index contributed by atoms with van der Waals surface area (Å²) in [6, 6.07) is 21.7. The number of likely N-dealkylation sites (tertiary alicyclic amines) is 1. The van der Waals surface area contributed by atoms with Crippen molar-refractivity contribution < 1.29 is 14.3 Å². The fourth-order valence-corrected chi connectivity index (χ4v) is 4.78. The molecule has 5 rings (SSSR count). The lowest BCUT2D eigenvalue weighted by atomic mass is 10.1. The van der Waals surface area contributed by atoms with Crippen molar-refractivity contribution in [1.29, 1.82) is 0 Å². The van der Waals surface area contributed by atoms with Crippen LogP contribution in [0, 0.1) is 0 Å². The molecule has 0 saturated carbocycles. The summed E-state index contributed by atoms with van der Waals surface area (Å²) in [5.41, 5.74) is 1.07. The van der Waals surface area contributed by atoms with Crippen molar-refractivity contribution in [2.45, 2.75) is 31.8 Å². The van der Waals surface area contributed by atoms with Crippen LogP contribution < -0.4 is 4.74 Å². The van der Waals surface area contributed by atoms with Crippen molar-refractivity contribution in [3.8, 4) is 5.75 Å². The van der Waals surface area contributed by atoms with E-state index in [1.807, 2.05) is 0 Å². The summed E-state index contributed by atoms with van der Waals surface area (Å²) in [4.78, 5) is 28.8. The van der Waals surface area contributed by atoms with E-state index in [1.54, 1.807) is 24.3 Å². The van der Waals surface area contributed by atoms with E-state index in [2.05, 4.69) is 47.4 Å². The maximum Gasteiger partial charge on any atom is 0.261 e. The molecule has 32 heavy (non-hydrogen) atoms. The summed E-state index contributed by atoms with van der Waals surface area (Å²) in [7, 11) is 0. The first-order chi connectivity index (χ1) is 15.7. The maximum atomic E-state index is 12.5. The summed E-state index contributed by atoms with van der Waals surface area (Å²) >= 11 is 0. The first-order valence-electron chi connectivity index (χ1n) is 11.5. The number of hydrogen-bond donors (Lipinski definition) is 0. The molecular formula is C27H28N2O3. The summed E-state index contributed by atoms with van der Waals surface area (Å²) in [5.74, 6) is 0.663. The summed E-state index contributed by atoms with van der Waals surface area (Å²) in [6.07, 6.45) is 4.08. The standard InChI is InChI=1S/C27H28N2O3/c30-26-23-11-3-4-12-24(23)27(31)29(26)17-6-5-16-28-18-14-21(15-19-28)32-25-13-7-9-20-8-1-2-10-22(20)25/h1-4,7-13,21H,5-6,14-19H2. The molecule has 0 N–H and O–H groups in total. The molecule has 164 valence electrons. The van der Waals surface area contributed by atoms with Crippen LogP contribution >= 0.6 is 0 Å². The predicted octanol–water partition coefficient (Wildman–Crippen LogP) is 4.76. The minimum atomic E-state index is -0.156. The van der Waals surface area contributed by atoms with Crippen LogP contribution in [-0.4, -0.2) is 53.9 Å². The molecule has 0 radical (unpaired) electrons. The Bertz CT molecular complexity index is 1090. The van der Waals surface area contributed by atoms with Gasteiger partial charge in [-0.2, -0.15) is 0 Å². The number of piperidine rings is 1. The third kappa shape index (κ3) is 4.13. The SMILES string of the molecule is O=C1c2ccccc2C(=O)N1CCCCN1CCC(Oc2cccc3ccccc23)CC1. The average molecular weight is 429 g/mol. The molecule has 0 aromatic heterocycles. The molecule has 0 bridgehead atoms. The summed E-state index contributed by atoms with van der Waals surface area (Å²) in [6.45, 7) is 3.52. The quantitative estimate of drug-likeness (QED) is 0.402. The van der Waals surface area contributed by atoms with E-state index in [1.165, 1.54) is 15.7 Å². The normalized spacial score (nSPS) is 17.2. The molecule has 3 aromatic carbocycles. The number of benzene rings is 3. The number of nitrogens with zero attached hydrogens (tertiary/aromatic N) is 2. The second kappa shape index (κ2) is 9.13. The Balaban J connectivity index is 1.06. The van der Waals surface area contributed by atoms with Crippen molar-refractivity contribution in [2.24, 2.45) is 0 Å². The molecule has 0 atom stereocenters. The van der Waals surface area contributed by atoms with Crippen LogP contribution in [0.1, 0.15) is 46.4 Å². The van der Waals surface area contributed by atoms with Gasteiger partial charge in [0.1, 0.15) is 11.9 Å². The largest absolute Gasteiger partial charge is 0.490 e. The third-order valence-corrected chi connectivity index (χ3v) is 6.56. The second-order valence-electron chi connectivity index (χ2n) is 8.65. The predicted molar refractivity (Wildman–Crippen MR) is 125 cm³/mol.